The number of hydrogen-bond acceptors (Lipinski definition) is 8. The van der Waals surface area contributed by atoms with E-state index in [2.05, 4.69) is 9.97 Å². The molecule has 5 N–H and O–H groups in total. The zero-order chi connectivity index (χ0) is 18.0. The highest BCUT2D eigenvalue weighted by atomic mass is 16.5. The molecule has 0 atom stereocenters. The minimum atomic E-state index is -0.1000. The van der Waals surface area contributed by atoms with Gasteiger partial charge in [0.05, 0.1) is 48.2 Å². The lowest BCUT2D eigenvalue weighted by molar-refractivity contribution is 0.280. The molecule has 0 saturated carbocycles. The number of nitrogens with two attached hydrogens (primary N) is 1. The van der Waals surface area contributed by atoms with Crippen LogP contribution < -0.4 is 15.4 Å². The van der Waals surface area contributed by atoms with Gasteiger partial charge >= 0.3 is 0 Å². The smallest absolute Gasteiger partial charge is 0.167 e. The number of ether oxygens (including phenoxy) is 1. The van der Waals surface area contributed by atoms with Gasteiger partial charge < -0.3 is 30.7 Å². The second kappa shape index (κ2) is 6.96. The van der Waals surface area contributed by atoms with E-state index in [1.54, 1.807) is 29.2 Å². The summed E-state index contributed by atoms with van der Waals surface area (Å²) in [5, 5.41) is 29.0. The van der Waals surface area contributed by atoms with Gasteiger partial charge in [0, 0.05) is 19.2 Å². The molecule has 25 heavy (non-hydrogen) atoms. The molecule has 0 aliphatic heterocycles. The minimum absolute atomic E-state index is 0.0526. The Kier molecular flexibility index (Phi) is 4.73. The van der Waals surface area contributed by atoms with Crippen molar-refractivity contribution in [2.45, 2.75) is 0 Å². The number of nitrogen functional groups attached to an aromatic ring is 1. The maximum atomic E-state index is 10.6. The first-order chi connectivity index (χ1) is 12.1. The lowest BCUT2D eigenvalue weighted by Crippen LogP contribution is -2.29. The van der Waals surface area contributed by atoms with Crippen molar-refractivity contribution >= 4 is 33.4 Å². The summed E-state index contributed by atoms with van der Waals surface area (Å²) in [4.78, 5) is 10.7. The highest BCUT2D eigenvalue weighted by molar-refractivity contribution is 5.94. The molecule has 0 bridgehead atoms. The third-order valence-corrected chi connectivity index (χ3v) is 3.99. The molecule has 0 spiro atoms. The predicted octanol–water partition coefficient (Wildman–Crippen LogP) is 0.870. The summed E-state index contributed by atoms with van der Waals surface area (Å²) in [6.45, 7) is 0.365. The van der Waals surface area contributed by atoms with Crippen LogP contribution in [-0.4, -0.2) is 58.7 Å². The van der Waals surface area contributed by atoms with E-state index in [9.17, 15) is 15.3 Å². The van der Waals surface area contributed by atoms with E-state index in [4.69, 9.17) is 10.5 Å². The first kappa shape index (κ1) is 17.0. The average molecular weight is 344 g/mol. The molecule has 0 radical (unpaired) electrons. The van der Waals surface area contributed by atoms with E-state index in [0.29, 0.717) is 39.2 Å². The fraction of sp³-hybridized carbons (Fsp3) is 0.294. The van der Waals surface area contributed by atoms with Crippen molar-refractivity contribution < 1.29 is 20.1 Å². The molecule has 132 valence electrons. The number of methoxy groups -OCH3 is 1. The molecule has 3 rings (SSSR count). The van der Waals surface area contributed by atoms with Gasteiger partial charge in [0.2, 0.25) is 0 Å². The lowest BCUT2D eigenvalue weighted by atomic mass is 10.2. The van der Waals surface area contributed by atoms with Gasteiger partial charge in [-0.3, -0.25) is 0 Å². The Balaban J connectivity index is 2.18. The van der Waals surface area contributed by atoms with Gasteiger partial charge in [0.1, 0.15) is 11.3 Å². The Hall–Kier alpha value is -2.84. The standard InChI is InChI=1S/C17H20N4O4/c1-25-15-9-13-12(8-10(15)18)20-16-11(19-13)2-3-14(17(16)24)21(4-6-22)5-7-23/h2-3,8-9,22-24H,4-7,18H2,1H3. The number of aromatic nitrogens is 2. The second-order valence-electron chi connectivity index (χ2n) is 5.54. The molecule has 8 nitrogen and oxygen atoms in total. The SMILES string of the molecule is COc1cc2nc3ccc(N(CCO)CCO)c(O)c3nc2cc1N. The Morgan fingerprint density at radius 3 is 2.36 bits per heavy atom. The Labute approximate surface area is 144 Å². The van der Waals surface area contributed by atoms with Gasteiger partial charge in [-0.05, 0) is 18.2 Å². The highest BCUT2D eigenvalue weighted by Crippen LogP contribution is 2.35. The molecule has 0 saturated heterocycles. The van der Waals surface area contributed by atoms with Crippen molar-refractivity contribution in [3.05, 3.63) is 24.3 Å². The van der Waals surface area contributed by atoms with Crippen LogP contribution in [0.25, 0.3) is 22.1 Å². The summed E-state index contributed by atoms with van der Waals surface area (Å²) < 4.78 is 5.20. The van der Waals surface area contributed by atoms with Gasteiger partial charge in [0.25, 0.3) is 0 Å². The second-order valence-corrected chi connectivity index (χ2v) is 5.54. The van der Waals surface area contributed by atoms with Crippen LogP contribution in [0.2, 0.25) is 0 Å². The molecule has 0 fully saturated rings. The number of aromatic hydroxyl groups is 1. The van der Waals surface area contributed by atoms with Crippen LogP contribution in [0.1, 0.15) is 0 Å². The van der Waals surface area contributed by atoms with E-state index in [0.717, 1.165) is 0 Å². The maximum absolute atomic E-state index is 10.6. The number of anilines is 2. The molecule has 3 aromatic rings. The van der Waals surface area contributed by atoms with Crippen molar-refractivity contribution in [3.63, 3.8) is 0 Å². The van der Waals surface area contributed by atoms with Gasteiger partial charge in [0.15, 0.2) is 5.75 Å². The van der Waals surface area contributed by atoms with Gasteiger partial charge in [-0.2, -0.15) is 0 Å². The van der Waals surface area contributed by atoms with Crippen LogP contribution in [0, 0.1) is 0 Å². The first-order valence-electron chi connectivity index (χ1n) is 7.82. The van der Waals surface area contributed by atoms with Crippen LogP contribution in [-0.2, 0) is 0 Å². The summed E-state index contributed by atoms with van der Waals surface area (Å²) in [6, 6.07) is 6.78. The first-order valence-corrected chi connectivity index (χ1v) is 7.82. The topological polar surface area (TPSA) is 125 Å². The molecule has 0 unspecified atom stereocenters. The molecular weight excluding hydrogens is 324 g/mol. The number of fused-ring (bicyclic) bond motifs is 2. The molecule has 1 aromatic heterocycles. The van der Waals surface area contributed by atoms with Crippen molar-refractivity contribution in [1.29, 1.82) is 0 Å². The summed E-state index contributed by atoms with van der Waals surface area (Å²) in [7, 11) is 1.53. The third kappa shape index (κ3) is 3.09. The maximum Gasteiger partial charge on any atom is 0.167 e. The fourth-order valence-electron chi connectivity index (χ4n) is 2.79. The van der Waals surface area contributed by atoms with E-state index in [1.807, 2.05) is 0 Å². The number of phenolic OH excluding ortho intramolecular Hbond substituents is 1. The predicted molar refractivity (Wildman–Crippen MR) is 96.1 cm³/mol. The van der Waals surface area contributed by atoms with Crippen molar-refractivity contribution in [2.24, 2.45) is 0 Å². The summed E-state index contributed by atoms with van der Waals surface area (Å²) >= 11 is 0. The summed E-state index contributed by atoms with van der Waals surface area (Å²) in [6.07, 6.45) is 0. The van der Waals surface area contributed by atoms with Crippen LogP contribution in [0.5, 0.6) is 11.5 Å². The van der Waals surface area contributed by atoms with Gasteiger partial charge in [-0.25, -0.2) is 9.97 Å². The van der Waals surface area contributed by atoms with Crippen molar-refractivity contribution in [1.82, 2.24) is 9.97 Å². The molecule has 2 aromatic carbocycles. The average Bonchev–Trinajstić information content (AvgIpc) is 2.60. The minimum Gasteiger partial charge on any atom is -0.504 e. The number of benzene rings is 2. The van der Waals surface area contributed by atoms with E-state index < -0.39 is 0 Å². The molecule has 0 aliphatic carbocycles. The largest absolute Gasteiger partial charge is 0.504 e. The number of rotatable bonds is 6. The van der Waals surface area contributed by atoms with E-state index in [1.165, 1.54) is 7.11 Å². The lowest BCUT2D eigenvalue weighted by Gasteiger charge is -2.24. The van der Waals surface area contributed by atoms with E-state index in [-0.39, 0.29) is 32.1 Å². The van der Waals surface area contributed by atoms with Crippen molar-refractivity contribution in [2.75, 3.05) is 44.0 Å². The molecule has 0 amide bonds. The number of hydrogen-bond donors (Lipinski definition) is 4. The van der Waals surface area contributed by atoms with Crippen molar-refractivity contribution in [3.8, 4) is 11.5 Å². The molecule has 1 heterocycles. The van der Waals surface area contributed by atoms with Gasteiger partial charge in [-0.15, -0.1) is 0 Å². The van der Waals surface area contributed by atoms with E-state index >= 15 is 0 Å². The number of phenols is 1. The van der Waals surface area contributed by atoms with Crippen LogP contribution in [0.3, 0.4) is 0 Å². The normalized spacial score (nSPS) is 11.2. The Morgan fingerprint density at radius 2 is 1.72 bits per heavy atom. The van der Waals surface area contributed by atoms with Crippen LogP contribution in [0.15, 0.2) is 24.3 Å². The molecule has 0 aliphatic rings. The molecular formula is C17H20N4O4. The quantitative estimate of drug-likeness (QED) is 0.383. The monoisotopic (exact) mass is 344 g/mol. The summed E-state index contributed by atoms with van der Waals surface area (Å²) in [5.41, 5.74) is 8.82. The Bertz CT molecular complexity index is 910. The fourth-order valence-corrected chi connectivity index (χ4v) is 2.79. The third-order valence-electron chi connectivity index (χ3n) is 3.99. The highest BCUT2D eigenvalue weighted by Gasteiger charge is 2.16. The number of aliphatic hydroxyl groups excluding tert-OH is 2. The number of nitrogens with zero attached hydrogens (tertiary/aromatic N) is 3. The Morgan fingerprint density at radius 1 is 1.04 bits per heavy atom. The van der Waals surface area contributed by atoms with Crippen LogP contribution >= 0.6 is 0 Å². The zero-order valence-corrected chi connectivity index (χ0v) is 13.8. The number of aliphatic hydroxyl groups is 2. The summed E-state index contributed by atoms with van der Waals surface area (Å²) in [5.74, 6) is 0.460. The zero-order valence-electron chi connectivity index (χ0n) is 13.8. The van der Waals surface area contributed by atoms with Crippen LogP contribution in [0.4, 0.5) is 11.4 Å². The molecule has 8 heteroatoms. The van der Waals surface area contributed by atoms with Gasteiger partial charge in [-0.1, -0.05) is 0 Å².